The van der Waals surface area contributed by atoms with Gasteiger partial charge in [0.05, 0.1) is 39.6 Å². The van der Waals surface area contributed by atoms with Gasteiger partial charge in [-0.1, -0.05) is 90.4 Å². The average molecular weight is 844 g/mol. The molecule has 0 saturated carbocycles. The number of hydrogen-bond acceptors (Lipinski definition) is 10. The van der Waals surface area contributed by atoms with Gasteiger partial charge in [-0.05, 0) is 39.0 Å². The van der Waals surface area contributed by atoms with Gasteiger partial charge >= 0.3 is 5.97 Å². The van der Waals surface area contributed by atoms with Crippen LogP contribution in [0.3, 0.4) is 0 Å². The van der Waals surface area contributed by atoms with E-state index in [-0.39, 0.29) is 81.8 Å². The van der Waals surface area contributed by atoms with Gasteiger partial charge in [0, 0.05) is 57.9 Å². The van der Waals surface area contributed by atoms with Gasteiger partial charge in [-0.2, -0.15) is 0 Å². The van der Waals surface area contributed by atoms with Gasteiger partial charge in [-0.15, -0.1) is 0 Å². The molecule has 0 aromatic carbocycles. The zero-order valence-electron chi connectivity index (χ0n) is 36.6. The molecular formula is C43H81N5O11. The number of carboxylic acid groups (broad SMARTS) is 1. The molecule has 0 aromatic rings. The first-order valence-electron chi connectivity index (χ1n) is 22.5. The minimum Gasteiger partial charge on any atom is -0.481 e. The first-order valence-corrected chi connectivity index (χ1v) is 22.5. The number of carboxylic acids is 1. The quantitative estimate of drug-likeness (QED) is 0.0462. The second-order valence-electron chi connectivity index (χ2n) is 15.0. The lowest BCUT2D eigenvalue weighted by Crippen LogP contribution is -2.36. The van der Waals surface area contributed by atoms with E-state index in [9.17, 15) is 28.8 Å². The minimum absolute atomic E-state index is 0.0101. The predicted octanol–water partition coefficient (Wildman–Crippen LogP) is 4.71. The molecule has 0 bridgehead atoms. The van der Waals surface area contributed by atoms with Gasteiger partial charge in [0.1, 0.15) is 13.2 Å². The molecule has 0 aliphatic heterocycles. The van der Waals surface area contributed by atoms with Crippen molar-refractivity contribution < 1.29 is 52.8 Å². The van der Waals surface area contributed by atoms with Crippen molar-refractivity contribution in [1.82, 2.24) is 26.6 Å². The molecule has 0 aromatic heterocycles. The van der Waals surface area contributed by atoms with E-state index in [2.05, 4.69) is 33.5 Å². The van der Waals surface area contributed by atoms with Crippen LogP contribution in [0.5, 0.6) is 0 Å². The Bertz CT molecular complexity index is 1080. The van der Waals surface area contributed by atoms with Crippen LogP contribution in [0.1, 0.15) is 155 Å². The summed E-state index contributed by atoms with van der Waals surface area (Å²) in [5.74, 6) is -1.29. The molecular weight excluding hydrogens is 762 g/mol. The van der Waals surface area contributed by atoms with Crippen LogP contribution in [0, 0.1) is 0 Å². The van der Waals surface area contributed by atoms with E-state index in [1.165, 1.54) is 51.4 Å². The zero-order valence-corrected chi connectivity index (χ0v) is 36.6. The highest BCUT2D eigenvalue weighted by atomic mass is 16.5. The lowest BCUT2D eigenvalue weighted by Gasteiger charge is -2.14. The maximum atomic E-state index is 12.1. The van der Waals surface area contributed by atoms with E-state index >= 15 is 0 Å². The van der Waals surface area contributed by atoms with Crippen LogP contribution in [0.2, 0.25) is 0 Å². The van der Waals surface area contributed by atoms with Crippen LogP contribution in [-0.2, 0) is 47.7 Å². The molecule has 0 unspecified atom stereocenters. The second kappa shape index (κ2) is 42.8. The third-order valence-corrected chi connectivity index (χ3v) is 9.36. The van der Waals surface area contributed by atoms with Crippen molar-refractivity contribution in [2.24, 2.45) is 0 Å². The van der Waals surface area contributed by atoms with Gasteiger partial charge < -0.3 is 50.6 Å². The monoisotopic (exact) mass is 844 g/mol. The minimum atomic E-state index is -0.696. The van der Waals surface area contributed by atoms with Crippen LogP contribution in [0.4, 0.5) is 0 Å². The SMILES string of the molecule is CCCCNC(=O)CC[C@@H](C)NC(=O)COCCOCCNC(=O)COCCOCCNC(=O)CCCNC(=O)CCCCCCCCCCCCCCCCC(=O)O. The van der Waals surface area contributed by atoms with E-state index in [1.54, 1.807) is 0 Å². The summed E-state index contributed by atoms with van der Waals surface area (Å²) in [6, 6.07) is -0.134. The molecule has 0 heterocycles. The first-order chi connectivity index (χ1) is 28.6. The molecule has 344 valence electrons. The van der Waals surface area contributed by atoms with E-state index < -0.39 is 5.97 Å². The van der Waals surface area contributed by atoms with Crippen molar-refractivity contribution in [2.75, 3.05) is 79.0 Å². The lowest BCUT2D eigenvalue weighted by molar-refractivity contribution is -0.137. The first kappa shape index (κ1) is 55.7. The highest BCUT2D eigenvalue weighted by Gasteiger charge is 2.10. The van der Waals surface area contributed by atoms with Crippen molar-refractivity contribution in [3.8, 4) is 0 Å². The summed E-state index contributed by atoms with van der Waals surface area (Å²) in [6.07, 6.45) is 20.7. The third-order valence-electron chi connectivity index (χ3n) is 9.36. The van der Waals surface area contributed by atoms with Crippen molar-refractivity contribution >= 4 is 35.5 Å². The highest BCUT2D eigenvalue weighted by Crippen LogP contribution is 2.14. The van der Waals surface area contributed by atoms with Crippen LogP contribution in [0.25, 0.3) is 0 Å². The summed E-state index contributed by atoms with van der Waals surface area (Å²) in [4.78, 5) is 70.3. The molecule has 0 aliphatic carbocycles. The number of carbonyl (C=O) groups excluding carboxylic acids is 5. The standard InChI is InChI=1S/C43H81N5O11/c1-3-4-25-44-40(51)24-23-37(2)48-42(53)36-59-34-32-57-30-28-47-41(52)35-58-33-31-56-29-27-46-39(50)21-19-26-45-38(49)20-17-15-13-11-9-7-5-6-8-10-12-14-16-18-22-43(54)55/h37H,3-36H2,1-2H3,(H,44,51)(H,45,49)(H,46,50)(H,47,52)(H,48,53)(H,54,55)/t37-/m1/s1. The maximum Gasteiger partial charge on any atom is 0.303 e. The molecule has 16 heteroatoms. The van der Waals surface area contributed by atoms with E-state index in [1.807, 2.05) is 6.92 Å². The van der Waals surface area contributed by atoms with Gasteiger partial charge in [0.25, 0.3) is 0 Å². The molecule has 5 amide bonds. The Morgan fingerprint density at radius 2 is 0.814 bits per heavy atom. The van der Waals surface area contributed by atoms with Crippen LogP contribution in [0.15, 0.2) is 0 Å². The number of unbranched alkanes of at least 4 members (excludes halogenated alkanes) is 14. The molecule has 0 spiro atoms. The zero-order chi connectivity index (χ0) is 43.4. The Balaban J connectivity index is 3.44. The van der Waals surface area contributed by atoms with Gasteiger partial charge in [0.2, 0.25) is 29.5 Å². The summed E-state index contributed by atoms with van der Waals surface area (Å²) in [6.45, 7) is 7.16. The number of carbonyl (C=O) groups is 6. The molecule has 0 saturated heterocycles. The van der Waals surface area contributed by atoms with Crippen molar-refractivity contribution in [2.45, 2.75) is 161 Å². The van der Waals surface area contributed by atoms with Crippen molar-refractivity contribution in [3.63, 3.8) is 0 Å². The fourth-order valence-electron chi connectivity index (χ4n) is 5.91. The molecule has 59 heavy (non-hydrogen) atoms. The number of aliphatic carboxylic acids is 1. The smallest absolute Gasteiger partial charge is 0.303 e. The van der Waals surface area contributed by atoms with E-state index in [4.69, 9.17) is 24.1 Å². The van der Waals surface area contributed by atoms with Gasteiger partial charge in [-0.25, -0.2) is 0 Å². The van der Waals surface area contributed by atoms with Crippen LogP contribution in [-0.4, -0.2) is 126 Å². The number of ether oxygens (including phenoxy) is 4. The Morgan fingerprint density at radius 1 is 0.424 bits per heavy atom. The van der Waals surface area contributed by atoms with Crippen molar-refractivity contribution in [3.05, 3.63) is 0 Å². The summed E-state index contributed by atoms with van der Waals surface area (Å²) < 4.78 is 21.5. The van der Waals surface area contributed by atoms with Crippen molar-refractivity contribution in [1.29, 1.82) is 0 Å². The third kappa shape index (κ3) is 44.1. The maximum absolute atomic E-state index is 12.1. The molecule has 16 nitrogen and oxygen atoms in total. The highest BCUT2D eigenvalue weighted by molar-refractivity contribution is 5.78. The van der Waals surface area contributed by atoms with Gasteiger partial charge in [0.15, 0.2) is 0 Å². The van der Waals surface area contributed by atoms with E-state index in [0.29, 0.717) is 71.3 Å². The predicted molar refractivity (Wildman–Crippen MR) is 228 cm³/mol. The Labute approximate surface area is 354 Å². The lowest BCUT2D eigenvalue weighted by atomic mass is 10.0. The molecule has 6 N–H and O–H groups in total. The van der Waals surface area contributed by atoms with E-state index in [0.717, 1.165) is 51.4 Å². The number of amides is 5. The molecule has 0 radical (unpaired) electrons. The molecule has 0 fully saturated rings. The molecule has 1 atom stereocenters. The topological polar surface area (TPSA) is 220 Å². The summed E-state index contributed by atoms with van der Waals surface area (Å²) >= 11 is 0. The summed E-state index contributed by atoms with van der Waals surface area (Å²) in [5.41, 5.74) is 0. The number of nitrogens with one attached hydrogen (secondary N) is 5. The number of hydrogen-bond donors (Lipinski definition) is 6. The number of rotatable bonds is 44. The van der Waals surface area contributed by atoms with Gasteiger partial charge in [-0.3, -0.25) is 28.8 Å². The van der Waals surface area contributed by atoms with Crippen LogP contribution >= 0.6 is 0 Å². The van der Waals surface area contributed by atoms with Crippen LogP contribution < -0.4 is 26.6 Å². The Hall–Kier alpha value is -3.34. The normalized spacial score (nSPS) is 11.5. The molecule has 0 rings (SSSR count). The molecule has 0 aliphatic rings. The Morgan fingerprint density at radius 3 is 1.32 bits per heavy atom. The fourth-order valence-corrected chi connectivity index (χ4v) is 5.91. The fraction of sp³-hybridized carbons (Fsp3) is 0.860. The second-order valence-corrected chi connectivity index (χ2v) is 15.0. The summed E-state index contributed by atoms with van der Waals surface area (Å²) in [7, 11) is 0. The summed E-state index contributed by atoms with van der Waals surface area (Å²) in [5, 5.41) is 22.7. The largest absolute Gasteiger partial charge is 0.481 e. The Kier molecular flexibility index (Phi) is 40.4. The average Bonchev–Trinajstić information content (AvgIpc) is 3.20.